The van der Waals surface area contributed by atoms with Crippen molar-refractivity contribution in [3.63, 3.8) is 0 Å². The molecule has 2 N–H and O–H groups in total. The van der Waals surface area contributed by atoms with Crippen LogP contribution in [0.2, 0.25) is 0 Å². The van der Waals surface area contributed by atoms with Gasteiger partial charge in [-0.05, 0) is 25.8 Å². The molecule has 130 valence electrons. The molecule has 24 heavy (non-hydrogen) atoms. The van der Waals surface area contributed by atoms with Gasteiger partial charge < -0.3 is 15.3 Å². The summed E-state index contributed by atoms with van der Waals surface area (Å²) in [4.78, 5) is 36.9. The first-order valence-corrected chi connectivity index (χ1v) is 8.06. The first kappa shape index (κ1) is 18.0. The summed E-state index contributed by atoms with van der Waals surface area (Å²) in [6, 6.07) is 7.26. The number of likely N-dealkylation sites (tertiary alicyclic amines) is 1. The second kappa shape index (κ2) is 7.03. The van der Waals surface area contributed by atoms with Crippen molar-refractivity contribution < 1.29 is 19.5 Å². The van der Waals surface area contributed by atoms with Crippen LogP contribution in [0.25, 0.3) is 0 Å². The summed E-state index contributed by atoms with van der Waals surface area (Å²) >= 11 is 0. The first-order chi connectivity index (χ1) is 11.2. The van der Waals surface area contributed by atoms with Gasteiger partial charge in [-0.15, -0.1) is 0 Å². The second-order valence-electron chi connectivity index (χ2n) is 6.80. The van der Waals surface area contributed by atoms with E-state index >= 15 is 0 Å². The third-order valence-electron chi connectivity index (χ3n) is 4.58. The fraction of sp³-hybridized carbons (Fsp3) is 0.500. The normalized spacial score (nSPS) is 21.4. The number of benzene rings is 1. The Bertz CT molecular complexity index is 641. The Kier molecular flexibility index (Phi) is 5.26. The maximum Gasteiger partial charge on any atom is 0.311 e. The van der Waals surface area contributed by atoms with Crippen LogP contribution in [0.4, 0.5) is 0 Å². The maximum absolute atomic E-state index is 12.6. The molecule has 6 nitrogen and oxygen atoms in total. The van der Waals surface area contributed by atoms with Crippen molar-refractivity contribution in [3.05, 3.63) is 35.4 Å². The number of carboxylic acid groups (broad SMARTS) is 1. The van der Waals surface area contributed by atoms with Gasteiger partial charge in [-0.2, -0.15) is 0 Å². The topological polar surface area (TPSA) is 86.7 Å². The summed E-state index contributed by atoms with van der Waals surface area (Å²) in [6.07, 6.45) is 0.571. The number of nitrogens with zero attached hydrogens (tertiary/aromatic N) is 1. The van der Waals surface area contributed by atoms with E-state index in [1.165, 1.54) is 6.92 Å². The highest BCUT2D eigenvalue weighted by molar-refractivity contribution is 5.82. The summed E-state index contributed by atoms with van der Waals surface area (Å²) in [6.45, 7) is 5.69. The third-order valence-corrected chi connectivity index (χ3v) is 4.58. The Morgan fingerprint density at radius 2 is 1.92 bits per heavy atom. The Balaban J connectivity index is 2.09. The van der Waals surface area contributed by atoms with Crippen molar-refractivity contribution in [2.75, 3.05) is 13.1 Å². The van der Waals surface area contributed by atoms with Gasteiger partial charge in [0.2, 0.25) is 11.8 Å². The molecule has 1 heterocycles. The molecule has 0 spiro atoms. The molecule has 1 saturated heterocycles. The predicted molar refractivity (Wildman–Crippen MR) is 89.3 cm³/mol. The van der Waals surface area contributed by atoms with Crippen LogP contribution in [0.15, 0.2) is 24.3 Å². The molecule has 0 bridgehead atoms. The van der Waals surface area contributed by atoms with Gasteiger partial charge in [0.25, 0.3) is 0 Å². The number of hydrogen-bond donors (Lipinski definition) is 2. The summed E-state index contributed by atoms with van der Waals surface area (Å²) in [5.74, 6) is -1.22. The molecular weight excluding hydrogens is 308 g/mol. The van der Waals surface area contributed by atoms with Crippen LogP contribution in [-0.4, -0.2) is 40.9 Å². The van der Waals surface area contributed by atoms with Gasteiger partial charge in [0, 0.05) is 20.0 Å². The molecule has 1 aliphatic rings. The fourth-order valence-corrected chi connectivity index (χ4v) is 2.95. The zero-order valence-corrected chi connectivity index (χ0v) is 14.3. The van der Waals surface area contributed by atoms with Crippen LogP contribution in [0.1, 0.15) is 43.9 Å². The van der Waals surface area contributed by atoms with E-state index in [-0.39, 0.29) is 24.8 Å². The van der Waals surface area contributed by atoms with Crippen LogP contribution in [-0.2, 0) is 14.4 Å². The molecule has 2 rings (SSSR count). The summed E-state index contributed by atoms with van der Waals surface area (Å²) < 4.78 is 0. The van der Waals surface area contributed by atoms with E-state index in [1.54, 1.807) is 11.8 Å². The van der Waals surface area contributed by atoms with Gasteiger partial charge in [0.15, 0.2) is 0 Å². The number of aliphatic carboxylic acids is 1. The molecule has 0 aromatic heterocycles. The van der Waals surface area contributed by atoms with E-state index in [9.17, 15) is 19.5 Å². The van der Waals surface area contributed by atoms with Crippen LogP contribution in [0.3, 0.4) is 0 Å². The van der Waals surface area contributed by atoms with Crippen molar-refractivity contribution in [2.24, 2.45) is 5.41 Å². The van der Waals surface area contributed by atoms with Gasteiger partial charge in [0.1, 0.15) is 0 Å². The van der Waals surface area contributed by atoms with E-state index in [0.29, 0.717) is 13.0 Å². The van der Waals surface area contributed by atoms with E-state index in [1.807, 2.05) is 31.2 Å². The maximum atomic E-state index is 12.6. The van der Waals surface area contributed by atoms with Crippen molar-refractivity contribution >= 4 is 17.8 Å². The summed E-state index contributed by atoms with van der Waals surface area (Å²) in [7, 11) is 0. The molecule has 6 heteroatoms. The monoisotopic (exact) mass is 332 g/mol. The Hall–Kier alpha value is -2.37. The number of rotatable bonds is 5. The van der Waals surface area contributed by atoms with Gasteiger partial charge in [-0.3, -0.25) is 14.4 Å². The van der Waals surface area contributed by atoms with Crippen molar-refractivity contribution in [1.82, 2.24) is 10.2 Å². The zero-order chi connectivity index (χ0) is 17.9. The van der Waals surface area contributed by atoms with Crippen molar-refractivity contribution in [2.45, 2.75) is 39.7 Å². The lowest BCUT2D eigenvalue weighted by molar-refractivity contribution is -0.147. The van der Waals surface area contributed by atoms with E-state index in [0.717, 1.165) is 11.1 Å². The lowest BCUT2D eigenvalue weighted by atomic mass is 9.90. The molecule has 2 atom stereocenters. The Labute approximate surface area is 141 Å². The minimum Gasteiger partial charge on any atom is -0.481 e. The first-order valence-electron chi connectivity index (χ1n) is 8.06. The standard InChI is InChI=1S/C18H24N2O4/c1-12-4-6-14(7-5-12)15(19-13(2)21)10-16(22)20-9-8-18(3,11-20)17(23)24/h4-7,15H,8-11H2,1-3H3,(H,19,21)(H,23,24)/t15-,18+/m0/s1. The molecule has 1 aromatic rings. The summed E-state index contributed by atoms with van der Waals surface area (Å²) in [5.41, 5.74) is 1.08. The highest BCUT2D eigenvalue weighted by atomic mass is 16.4. The fourth-order valence-electron chi connectivity index (χ4n) is 2.95. The largest absolute Gasteiger partial charge is 0.481 e. The van der Waals surface area contributed by atoms with Crippen LogP contribution in [0.5, 0.6) is 0 Å². The average Bonchev–Trinajstić information content (AvgIpc) is 2.91. The number of carbonyl (C=O) groups excluding carboxylic acids is 2. The third kappa shape index (κ3) is 4.13. The molecule has 1 aliphatic heterocycles. The van der Waals surface area contributed by atoms with Crippen molar-refractivity contribution in [3.8, 4) is 0 Å². The number of carbonyl (C=O) groups is 3. The van der Waals surface area contributed by atoms with Gasteiger partial charge in [-0.25, -0.2) is 0 Å². The van der Waals surface area contributed by atoms with Gasteiger partial charge >= 0.3 is 5.97 Å². The second-order valence-corrected chi connectivity index (χ2v) is 6.80. The number of hydrogen-bond acceptors (Lipinski definition) is 3. The van der Waals surface area contributed by atoms with E-state index in [2.05, 4.69) is 5.32 Å². The smallest absolute Gasteiger partial charge is 0.311 e. The number of aryl methyl sites for hydroxylation is 1. The predicted octanol–water partition coefficient (Wildman–Crippen LogP) is 1.89. The zero-order valence-electron chi connectivity index (χ0n) is 14.3. The van der Waals surface area contributed by atoms with Crippen molar-refractivity contribution in [1.29, 1.82) is 0 Å². The quantitative estimate of drug-likeness (QED) is 0.862. The Morgan fingerprint density at radius 3 is 2.42 bits per heavy atom. The molecule has 0 saturated carbocycles. The number of nitrogens with one attached hydrogen (secondary N) is 1. The molecule has 1 fully saturated rings. The minimum absolute atomic E-state index is 0.123. The van der Waals surface area contributed by atoms with Crippen LogP contribution in [0, 0.1) is 12.3 Å². The van der Waals surface area contributed by atoms with Gasteiger partial charge in [-0.1, -0.05) is 29.8 Å². The highest BCUT2D eigenvalue weighted by Crippen LogP contribution is 2.31. The van der Waals surface area contributed by atoms with Gasteiger partial charge in [0.05, 0.1) is 17.9 Å². The molecule has 1 aromatic carbocycles. The Morgan fingerprint density at radius 1 is 1.29 bits per heavy atom. The molecule has 0 unspecified atom stereocenters. The lowest BCUT2D eigenvalue weighted by Crippen LogP contribution is -2.37. The van der Waals surface area contributed by atoms with E-state index in [4.69, 9.17) is 0 Å². The molecule has 0 aliphatic carbocycles. The highest BCUT2D eigenvalue weighted by Gasteiger charge is 2.42. The minimum atomic E-state index is -0.886. The average molecular weight is 332 g/mol. The van der Waals surface area contributed by atoms with Crippen LogP contribution >= 0.6 is 0 Å². The molecule has 2 amide bonds. The lowest BCUT2D eigenvalue weighted by Gasteiger charge is -2.24. The SMILES string of the molecule is CC(=O)N[C@@H](CC(=O)N1CC[C@@](C)(C(=O)O)C1)c1ccc(C)cc1. The molecular formula is C18H24N2O4. The number of amides is 2. The number of carboxylic acids is 1. The molecule has 0 radical (unpaired) electrons. The van der Waals surface area contributed by atoms with E-state index < -0.39 is 17.4 Å². The summed E-state index contributed by atoms with van der Waals surface area (Å²) in [5, 5.41) is 12.1. The van der Waals surface area contributed by atoms with Crippen LogP contribution < -0.4 is 5.32 Å².